The molecule has 13 heteroatoms. The summed E-state index contributed by atoms with van der Waals surface area (Å²) in [5.41, 5.74) is 12.0. The summed E-state index contributed by atoms with van der Waals surface area (Å²) in [5, 5.41) is 9.60. The van der Waals surface area contributed by atoms with Crippen molar-refractivity contribution in [1.82, 2.24) is 9.80 Å². The van der Waals surface area contributed by atoms with Gasteiger partial charge in [0.25, 0.3) is 0 Å². The highest BCUT2D eigenvalue weighted by atomic mass is 79.9. The standard InChI is InChI=1S/C12H17ClN2O2.C6H12ClNO.C6H6ClNO.BrH.ClH/c13-12-10(14)2-1-3-11(12)17-9-6-15-4-7-16-8-5-15;7-1-2-8-3-5-9-6-4-8;7-6-4(8)2-1-3-5(6)9;;/h1-3H,4-9,14H2;1-6H2;1-3,9H,8H2;2*1H. The number of anilines is 2. The molecule has 2 saturated heterocycles. The van der Waals surface area contributed by atoms with Crippen molar-refractivity contribution in [1.29, 1.82) is 0 Å². The average molecular weight is 667 g/mol. The minimum Gasteiger partial charge on any atom is -0.506 e. The second kappa shape index (κ2) is 21.0. The number of nitrogens with two attached hydrogens (primary N) is 2. The van der Waals surface area contributed by atoms with Crippen LogP contribution in [0, 0.1) is 0 Å². The van der Waals surface area contributed by atoms with E-state index in [9.17, 15) is 0 Å². The minimum absolute atomic E-state index is 0. The summed E-state index contributed by atoms with van der Waals surface area (Å²) in [7, 11) is 0. The SMILES string of the molecule is Br.Cl.ClCCN1CCOCC1.Nc1cccc(O)c1Cl.Nc1cccc(OCCN2CCOCC2)c1Cl. The maximum absolute atomic E-state index is 8.89. The van der Waals surface area contributed by atoms with Crippen molar-refractivity contribution in [3.8, 4) is 11.5 Å². The molecule has 0 radical (unpaired) electrons. The summed E-state index contributed by atoms with van der Waals surface area (Å²) in [4.78, 5) is 4.63. The van der Waals surface area contributed by atoms with Crippen LogP contribution in [0.2, 0.25) is 10.0 Å². The molecule has 212 valence electrons. The molecule has 8 nitrogen and oxygen atoms in total. The first kappa shape index (κ1) is 36.1. The molecule has 2 heterocycles. The normalized spacial score (nSPS) is 15.5. The summed E-state index contributed by atoms with van der Waals surface area (Å²) < 4.78 is 16.1. The maximum Gasteiger partial charge on any atom is 0.140 e. The Balaban J connectivity index is 0.000000555. The van der Waals surface area contributed by atoms with Crippen molar-refractivity contribution >= 4 is 75.6 Å². The van der Waals surface area contributed by atoms with Crippen LogP contribution < -0.4 is 16.2 Å². The number of hydrogen-bond acceptors (Lipinski definition) is 8. The third-order valence-corrected chi connectivity index (χ3v) is 6.26. The number of benzene rings is 2. The van der Waals surface area contributed by atoms with Crippen LogP contribution in [0.4, 0.5) is 11.4 Å². The predicted molar refractivity (Wildman–Crippen MR) is 162 cm³/mol. The predicted octanol–water partition coefficient (Wildman–Crippen LogP) is 4.82. The Labute approximate surface area is 251 Å². The number of nitrogen functional groups attached to an aromatic ring is 2. The topological polar surface area (TPSA) is 106 Å². The summed E-state index contributed by atoms with van der Waals surface area (Å²) in [6.07, 6.45) is 0. The molecule has 2 aromatic carbocycles. The molecule has 0 bridgehead atoms. The number of nitrogens with zero attached hydrogens (tertiary/aromatic N) is 2. The van der Waals surface area contributed by atoms with Gasteiger partial charge in [0, 0.05) is 45.1 Å². The van der Waals surface area contributed by atoms with Crippen LogP contribution in [0.25, 0.3) is 0 Å². The molecule has 0 amide bonds. The Morgan fingerprint density at radius 2 is 1.30 bits per heavy atom. The summed E-state index contributed by atoms with van der Waals surface area (Å²) in [5.74, 6) is 1.41. The van der Waals surface area contributed by atoms with Crippen LogP contribution in [0.15, 0.2) is 36.4 Å². The molecular formula is C24H37BrCl4N4O4. The first-order valence-corrected chi connectivity index (χ1v) is 12.8. The van der Waals surface area contributed by atoms with E-state index in [1.54, 1.807) is 18.2 Å². The van der Waals surface area contributed by atoms with Gasteiger partial charge < -0.3 is 30.8 Å². The van der Waals surface area contributed by atoms with Crippen molar-refractivity contribution in [2.75, 3.05) is 89.7 Å². The van der Waals surface area contributed by atoms with E-state index in [2.05, 4.69) is 9.80 Å². The van der Waals surface area contributed by atoms with Gasteiger partial charge in [0.05, 0.1) is 37.8 Å². The zero-order chi connectivity index (χ0) is 25.5. The van der Waals surface area contributed by atoms with Crippen molar-refractivity contribution in [3.05, 3.63) is 46.4 Å². The Kier molecular flexibility index (Phi) is 20.5. The Morgan fingerprint density at radius 1 is 0.811 bits per heavy atom. The molecule has 0 unspecified atom stereocenters. The number of aromatic hydroxyl groups is 1. The fourth-order valence-electron chi connectivity index (χ4n) is 3.23. The first-order chi connectivity index (χ1) is 16.9. The van der Waals surface area contributed by atoms with Gasteiger partial charge in [-0.1, -0.05) is 35.3 Å². The zero-order valence-corrected chi connectivity index (χ0v) is 25.4. The molecular weight excluding hydrogens is 630 g/mol. The van der Waals surface area contributed by atoms with Gasteiger partial charge in [-0.25, -0.2) is 0 Å². The number of morpholine rings is 2. The van der Waals surface area contributed by atoms with Gasteiger partial charge >= 0.3 is 0 Å². The molecule has 37 heavy (non-hydrogen) atoms. The summed E-state index contributed by atoms with van der Waals surface area (Å²) in [6.45, 7) is 9.88. The van der Waals surface area contributed by atoms with Crippen LogP contribution in [0.1, 0.15) is 0 Å². The Morgan fingerprint density at radius 3 is 1.78 bits per heavy atom. The fourth-order valence-corrected chi connectivity index (χ4v) is 3.78. The average Bonchev–Trinajstić information content (AvgIpc) is 2.87. The molecule has 5 N–H and O–H groups in total. The van der Waals surface area contributed by atoms with Crippen LogP contribution >= 0.6 is 64.2 Å². The highest BCUT2D eigenvalue weighted by Gasteiger charge is 2.11. The van der Waals surface area contributed by atoms with E-state index in [1.165, 1.54) is 6.07 Å². The lowest BCUT2D eigenvalue weighted by molar-refractivity contribution is 0.0322. The number of phenols is 1. The Hall–Kier alpha value is -0.880. The molecule has 0 saturated carbocycles. The summed E-state index contributed by atoms with van der Waals surface area (Å²) >= 11 is 17.1. The lowest BCUT2D eigenvalue weighted by Gasteiger charge is -2.26. The molecule has 0 aromatic heterocycles. The van der Waals surface area contributed by atoms with Crippen LogP contribution in [0.3, 0.4) is 0 Å². The van der Waals surface area contributed by atoms with Gasteiger partial charge in [-0.05, 0) is 24.3 Å². The van der Waals surface area contributed by atoms with Gasteiger partial charge in [0.15, 0.2) is 0 Å². The molecule has 2 fully saturated rings. The largest absolute Gasteiger partial charge is 0.506 e. The molecule has 2 aliphatic rings. The zero-order valence-electron chi connectivity index (χ0n) is 20.6. The lowest BCUT2D eigenvalue weighted by atomic mass is 10.3. The number of halogens is 5. The monoisotopic (exact) mass is 664 g/mol. The molecule has 2 aromatic rings. The second-order valence-corrected chi connectivity index (χ2v) is 8.92. The van der Waals surface area contributed by atoms with Crippen molar-refractivity contribution in [3.63, 3.8) is 0 Å². The van der Waals surface area contributed by atoms with E-state index in [-0.39, 0.29) is 40.2 Å². The minimum atomic E-state index is 0. The van der Waals surface area contributed by atoms with Crippen LogP contribution in [0.5, 0.6) is 11.5 Å². The third kappa shape index (κ3) is 14.2. The third-order valence-electron chi connectivity index (χ3n) is 5.27. The number of alkyl halides is 1. The van der Waals surface area contributed by atoms with Gasteiger partial charge in [-0.2, -0.15) is 0 Å². The number of rotatable bonds is 6. The van der Waals surface area contributed by atoms with Gasteiger partial charge in [0.2, 0.25) is 0 Å². The van der Waals surface area contributed by atoms with E-state index in [0.717, 1.165) is 71.6 Å². The quantitative estimate of drug-likeness (QED) is 0.298. The van der Waals surface area contributed by atoms with Gasteiger partial charge in [0.1, 0.15) is 28.2 Å². The van der Waals surface area contributed by atoms with Crippen LogP contribution in [-0.2, 0) is 9.47 Å². The molecule has 4 rings (SSSR count). The smallest absolute Gasteiger partial charge is 0.140 e. The number of hydrogen-bond donors (Lipinski definition) is 3. The molecule has 0 aliphatic carbocycles. The van der Waals surface area contributed by atoms with Gasteiger partial charge in [-0.3, -0.25) is 9.80 Å². The lowest BCUT2D eigenvalue weighted by Crippen LogP contribution is -2.38. The molecule has 0 spiro atoms. The van der Waals surface area contributed by atoms with Crippen molar-refractivity contribution in [2.24, 2.45) is 0 Å². The fraction of sp³-hybridized carbons (Fsp3) is 0.500. The van der Waals surface area contributed by atoms with Gasteiger partial charge in [-0.15, -0.1) is 41.0 Å². The molecule has 2 aliphatic heterocycles. The van der Waals surface area contributed by atoms with E-state index >= 15 is 0 Å². The second-order valence-electron chi connectivity index (χ2n) is 7.79. The van der Waals surface area contributed by atoms with Crippen molar-refractivity contribution in [2.45, 2.75) is 0 Å². The highest BCUT2D eigenvalue weighted by Crippen LogP contribution is 2.29. The maximum atomic E-state index is 8.89. The number of ether oxygens (including phenoxy) is 3. The van der Waals surface area contributed by atoms with E-state index in [1.807, 2.05) is 12.1 Å². The van der Waals surface area contributed by atoms with E-state index in [4.69, 9.17) is 65.6 Å². The summed E-state index contributed by atoms with van der Waals surface area (Å²) in [6, 6.07) is 10.2. The van der Waals surface area contributed by atoms with E-state index < -0.39 is 0 Å². The Bertz CT molecular complexity index is 854. The number of phenolic OH excluding ortho intramolecular Hbond substituents is 1. The van der Waals surface area contributed by atoms with Crippen LogP contribution in [-0.4, -0.2) is 93.1 Å². The van der Waals surface area contributed by atoms with Crippen molar-refractivity contribution < 1.29 is 19.3 Å². The van der Waals surface area contributed by atoms with E-state index in [0.29, 0.717) is 28.8 Å². The first-order valence-electron chi connectivity index (χ1n) is 11.5. The molecule has 0 atom stereocenters. The highest BCUT2D eigenvalue weighted by molar-refractivity contribution is 8.93.